The highest BCUT2D eigenvalue weighted by atomic mass is 32.1. The minimum atomic E-state index is 0.640. The van der Waals surface area contributed by atoms with Gasteiger partial charge in [0.15, 0.2) is 5.82 Å². The topological polar surface area (TPSA) is 51.0 Å². The molecule has 20 heavy (non-hydrogen) atoms. The van der Waals surface area contributed by atoms with E-state index in [-0.39, 0.29) is 0 Å². The Morgan fingerprint density at radius 2 is 2.40 bits per heavy atom. The van der Waals surface area contributed by atoms with Crippen molar-refractivity contribution in [3.05, 3.63) is 23.3 Å². The first-order valence-electron chi connectivity index (χ1n) is 6.89. The van der Waals surface area contributed by atoms with Crippen LogP contribution in [0.3, 0.4) is 0 Å². The van der Waals surface area contributed by atoms with Crippen LogP contribution in [0.15, 0.2) is 22.0 Å². The second-order valence-corrected chi connectivity index (χ2v) is 7.22. The van der Waals surface area contributed by atoms with Crippen molar-refractivity contribution in [2.24, 2.45) is 5.92 Å². The number of aromatic nitrogens is 2. The Hall–Kier alpha value is -1.24. The largest absolute Gasteiger partial charge is 0.333 e. The number of nitrogens with one attached hydrogen (secondary N) is 1. The SMILES string of the molecule is c1cc2sc(-c3nc(CC4CCCNC4)no3)cc2s1. The molecule has 6 heteroatoms. The molecule has 3 aromatic heterocycles. The van der Waals surface area contributed by atoms with Crippen molar-refractivity contribution < 1.29 is 4.52 Å². The number of hydrogen-bond donors (Lipinski definition) is 1. The molecule has 104 valence electrons. The van der Waals surface area contributed by atoms with Gasteiger partial charge in [-0.05, 0) is 49.4 Å². The maximum atomic E-state index is 5.42. The smallest absolute Gasteiger partial charge is 0.268 e. The minimum Gasteiger partial charge on any atom is -0.333 e. The van der Waals surface area contributed by atoms with E-state index in [2.05, 4.69) is 33.0 Å². The summed E-state index contributed by atoms with van der Waals surface area (Å²) in [6.45, 7) is 2.21. The van der Waals surface area contributed by atoms with Crippen LogP contribution in [0, 0.1) is 5.92 Å². The first-order chi connectivity index (χ1) is 9.88. The zero-order chi connectivity index (χ0) is 13.4. The molecule has 1 fully saturated rings. The lowest BCUT2D eigenvalue weighted by Crippen LogP contribution is -2.31. The highest BCUT2D eigenvalue weighted by Gasteiger charge is 2.18. The molecule has 0 bridgehead atoms. The van der Waals surface area contributed by atoms with E-state index >= 15 is 0 Å². The second-order valence-electron chi connectivity index (χ2n) is 5.19. The van der Waals surface area contributed by atoms with Crippen LogP contribution in [0.1, 0.15) is 18.7 Å². The molecule has 0 saturated carbocycles. The summed E-state index contributed by atoms with van der Waals surface area (Å²) in [4.78, 5) is 5.64. The van der Waals surface area contributed by atoms with Gasteiger partial charge in [-0.2, -0.15) is 4.98 Å². The number of fused-ring (bicyclic) bond motifs is 1. The molecule has 0 aliphatic carbocycles. The van der Waals surface area contributed by atoms with E-state index in [1.165, 1.54) is 22.2 Å². The lowest BCUT2D eigenvalue weighted by molar-refractivity contribution is 0.360. The van der Waals surface area contributed by atoms with E-state index in [4.69, 9.17) is 4.52 Å². The van der Waals surface area contributed by atoms with Crippen LogP contribution in [0.4, 0.5) is 0 Å². The van der Waals surface area contributed by atoms with Gasteiger partial charge in [0, 0.05) is 15.8 Å². The highest BCUT2D eigenvalue weighted by molar-refractivity contribution is 7.28. The fraction of sp³-hybridized carbons (Fsp3) is 0.429. The Bertz CT molecular complexity index is 680. The lowest BCUT2D eigenvalue weighted by Gasteiger charge is -2.20. The molecule has 0 spiro atoms. The monoisotopic (exact) mass is 305 g/mol. The minimum absolute atomic E-state index is 0.640. The summed E-state index contributed by atoms with van der Waals surface area (Å²) in [6, 6.07) is 4.28. The normalized spacial score (nSPS) is 19.7. The number of thiophene rings is 2. The van der Waals surface area contributed by atoms with Gasteiger partial charge in [0.25, 0.3) is 5.89 Å². The van der Waals surface area contributed by atoms with Crippen molar-refractivity contribution >= 4 is 32.1 Å². The number of hydrogen-bond acceptors (Lipinski definition) is 6. The molecule has 4 heterocycles. The molecule has 4 nitrogen and oxygen atoms in total. The summed E-state index contributed by atoms with van der Waals surface area (Å²) in [5.74, 6) is 2.14. The fourth-order valence-electron chi connectivity index (χ4n) is 2.66. The van der Waals surface area contributed by atoms with Crippen LogP contribution in [0.2, 0.25) is 0 Å². The maximum absolute atomic E-state index is 5.42. The van der Waals surface area contributed by atoms with Gasteiger partial charge in [0.1, 0.15) is 0 Å². The molecule has 1 aliphatic heterocycles. The van der Waals surface area contributed by atoms with Crippen LogP contribution in [-0.2, 0) is 6.42 Å². The van der Waals surface area contributed by atoms with Gasteiger partial charge in [-0.25, -0.2) is 0 Å². The van der Waals surface area contributed by atoms with Gasteiger partial charge < -0.3 is 9.84 Å². The number of piperidine rings is 1. The highest BCUT2D eigenvalue weighted by Crippen LogP contribution is 2.35. The van der Waals surface area contributed by atoms with E-state index in [1.807, 2.05) is 0 Å². The van der Waals surface area contributed by atoms with Gasteiger partial charge in [0.05, 0.1) is 4.88 Å². The third kappa shape index (κ3) is 2.39. The first kappa shape index (κ1) is 12.5. The number of rotatable bonds is 3. The maximum Gasteiger partial charge on any atom is 0.268 e. The Kier molecular flexibility index (Phi) is 3.29. The lowest BCUT2D eigenvalue weighted by atomic mass is 9.96. The number of nitrogens with zero attached hydrogens (tertiary/aromatic N) is 2. The zero-order valence-corrected chi connectivity index (χ0v) is 12.6. The summed E-state index contributed by atoms with van der Waals surface area (Å²) in [5.41, 5.74) is 0. The van der Waals surface area contributed by atoms with Gasteiger partial charge in [-0.3, -0.25) is 0 Å². The quantitative estimate of drug-likeness (QED) is 0.804. The average molecular weight is 305 g/mol. The van der Waals surface area contributed by atoms with E-state index in [9.17, 15) is 0 Å². The second kappa shape index (κ2) is 5.27. The van der Waals surface area contributed by atoms with E-state index in [0.29, 0.717) is 11.8 Å². The van der Waals surface area contributed by atoms with Gasteiger partial charge in [-0.15, -0.1) is 22.7 Å². The third-order valence-electron chi connectivity index (χ3n) is 3.69. The van der Waals surface area contributed by atoms with Crippen LogP contribution < -0.4 is 5.32 Å². The molecule has 1 atom stereocenters. The Balaban J connectivity index is 1.53. The van der Waals surface area contributed by atoms with Crippen molar-refractivity contribution in [2.75, 3.05) is 13.1 Å². The molecule has 4 rings (SSSR count). The zero-order valence-electron chi connectivity index (χ0n) is 11.0. The van der Waals surface area contributed by atoms with Crippen LogP contribution >= 0.6 is 22.7 Å². The Labute approximate surface area is 124 Å². The van der Waals surface area contributed by atoms with Crippen molar-refractivity contribution in [2.45, 2.75) is 19.3 Å². The van der Waals surface area contributed by atoms with Crippen molar-refractivity contribution in [1.29, 1.82) is 0 Å². The summed E-state index contributed by atoms with van der Waals surface area (Å²) in [5, 5.41) is 9.67. The first-order valence-corrected chi connectivity index (χ1v) is 8.59. The van der Waals surface area contributed by atoms with Gasteiger partial charge in [0.2, 0.25) is 0 Å². The molecule has 0 amide bonds. The summed E-state index contributed by atoms with van der Waals surface area (Å²) < 4.78 is 8.01. The molecule has 0 aromatic carbocycles. The van der Waals surface area contributed by atoms with Crippen molar-refractivity contribution in [1.82, 2.24) is 15.5 Å². The van der Waals surface area contributed by atoms with Gasteiger partial charge in [-0.1, -0.05) is 5.16 Å². The summed E-state index contributed by atoms with van der Waals surface area (Å²) in [6.07, 6.45) is 3.42. The fourth-order valence-corrected chi connectivity index (χ4v) is 4.69. The van der Waals surface area contributed by atoms with Crippen LogP contribution in [0.5, 0.6) is 0 Å². The molecule has 0 radical (unpaired) electrons. The van der Waals surface area contributed by atoms with Crippen LogP contribution in [0.25, 0.3) is 20.2 Å². The predicted molar refractivity (Wildman–Crippen MR) is 82.3 cm³/mol. The van der Waals surface area contributed by atoms with E-state index in [0.717, 1.165) is 30.2 Å². The van der Waals surface area contributed by atoms with Crippen LogP contribution in [-0.4, -0.2) is 23.2 Å². The molecular weight excluding hydrogens is 290 g/mol. The standard InChI is InChI=1S/C14H15N3OS2/c1-2-9(8-15-4-1)6-13-16-14(18-17-13)12-7-11-10(20-12)3-5-19-11/h3,5,7,9,15H,1-2,4,6,8H2. The average Bonchev–Trinajstić information content (AvgIpc) is 3.13. The summed E-state index contributed by atoms with van der Waals surface area (Å²) in [7, 11) is 0. The van der Waals surface area contributed by atoms with E-state index < -0.39 is 0 Å². The Morgan fingerprint density at radius 1 is 1.40 bits per heavy atom. The van der Waals surface area contributed by atoms with Crippen molar-refractivity contribution in [3.63, 3.8) is 0 Å². The summed E-state index contributed by atoms with van der Waals surface area (Å²) >= 11 is 3.47. The van der Waals surface area contributed by atoms with Crippen molar-refractivity contribution in [3.8, 4) is 10.8 Å². The molecule has 1 unspecified atom stereocenters. The van der Waals surface area contributed by atoms with Gasteiger partial charge >= 0.3 is 0 Å². The van der Waals surface area contributed by atoms with E-state index in [1.54, 1.807) is 22.7 Å². The molecule has 1 N–H and O–H groups in total. The Morgan fingerprint density at radius 3 is 3.25 bits per heavy atom. The predicted octanol–water partition coefficient (Wildman–Crippen LogP) is 3.55. The molecule has 3 aromatic rings. The third-order valence-corrected chi connectivity index (χ3v) is 5.77. The molecule has 1 saturated heterocycles. The molecule has 1 aliphatic rings. The molecular formula is C14H15N3OS2.